The molecule has 0 nitrogen and oxygen atoms in total. The summed E-state index contributed by atoms with van der Waals surface area (Å²) in [5.74, 6) is 1.49. The first-order valence-corrected chi connectivity index (χ1v) is 7.18. The van der Waals surface area contributed by atoms with Gasteiger partial charge in [0.15, 0.2) is 0 Å². The number of rotatable bonds is 6. The van der Waals surface area contributed by atoms with E-state index < -0.39 is 0 Å². The summed E-state index contributed by atoms with van der Waals surface area (Å²) in [7, 11) is 0. The molecular formula is C15H24S. The number of hydrogen-bond donors (Lipinski definition) is 0. The minimum Gasteiger partial charge on any atom is -0.145 e. The van der Waals surface area contributed by atoms with E-state index in [2.05, 4.69) is 52.0 Å². The minimum absolute atomic E-state index is 0.724. The third kappa shape index (κ3) is 4.13. The van der Waals surface area contributed by atoms with Crippen molar-refractivity contribution >= 4 is 11.3 Å². The van der Waals surface area contributed by atoms with Gasteiger partial charge in [-0.25, -0.2) is 0 Å². The fourth-order valence-electron chi connectivity index (χ4n) is 1.91. The predicted octanol–water partition coefficient (Wildman–Crippen LogP) is 5.41. The second-order valence-corrected chi connectivity index (χ2v) is 6.01. The average Bonchev–Trinajstić information content (AvgIpc) is 2.67. The monoisotopic (exact) mass is 236 g/mol. The van der Waals surface area contributed by atoms with E-state index in [-0.39, 0.29) is 0 Å². The Kier molecular flexibility index (Phi) is 5.83. The van der Waals surface area contributed by atoms with Gasteiger partial charge < -0.3 is 0 Å². The van der Waals surface area contributed by atoms with Crippen LogP contribution in [0.3, 0.4) is 0 Å². The lowest BCUT2D eigenvalue weighted by Crippen LogP contribution is -1.92. The van der Waals surface area contributed by atoms with Gasteiger partial charge in [-0.2, -0.15) is 0 Å². The van der Waals surface area contributed by atoms with Gasteiger partial charge >= 0.3 is 0 Å². The summed E-state index contributed by atoms with van der Waals surface area (Å²) >= 11 is 2.01. The smallest absolute Gasteiger partial charge is 0.00821 e. The van der Waals surface area contributed by atoms with Crippen LogP contribution in [0.2, 0.25) is 0 Å². The van der Waals surface area contributed by atoms with E-state index >= 15 is 0 Å². The second-order valence-electron chi connectivity index (χ2n) is 4.81. The first kappa shape index (κ1) is 13.5. The molecule has 1 rings (SSSR count). The molecule has 0 radical (unpaired) electrons. The molecule has 0 saturated heterocycles. The van der Waals surface area contributed by atoms with E-state index in [9.17, 15) is 0 Å². The van der Waals surface area contributed by atoms with Crippen molar-refractivity contribution in [3.63, 3.8) is 0 Å². The quantitative estimate of drug-likeness (QED) is 0.580. The van der Waals surface area contributed by atoms with E-state index in [0.29, 0.717) is 0 Å². The topological polar surface area (TPSA) is 0 Å². The molecule has 1 atom stereocenters. The van der Waals surface area contributed by atoms with E-state index in [1.807, 2.05) is 11.3 Å². The molecule has 1 unspecified atom stereocenters. The largest absolute Gasteiger partial charge is 0.145 e. The molecular weight excluding hydrogens is 212 g/mol. The van der Waals surface area contributed by atoms with E-state index in [1.165, 1.54) is 19.3 Å². The van der Waals surface area contributed by atoms with Gasteiger partial charge in [0.25, 0.3) is 0 Å². The standard InChI is InChI=1S/C15H24S/c1-5-7-8-13(6-2)15-10-9-14(16-15)11-12(3)4/h5,7,9-10,12-13H,6,8,11H2,1-4H3/b7-5-. The van der Waals surface area contributed by atoms with Crippen LogP contribution in [0.15, 0.2) is 24.3 Å². The van der Waals surface area contributed by atoms with Crippen LogP contribution in [0.25, 0.3) is 0 Å². The molecule has 0 spiro atoms. The molecule has 90 valence electrons. The summed E-state index contributed by atoms with van der Waals surface area (Å²) in [6, 6.07) is 4.65. The lowest BCUT2D eigenvalue weighted by Gasteiger charge is -2.09. The molecule has 0 amide bonds. The van der Waals surface area contributed by atoms with Crippen LogP contribution in [0.5, 0.6) is 0 Å². The summed E-state index contributed by atoms with van der Waals surface area (Å²) in [6.07, 6.45) is 8.10. The molecule has 1 heteroatoms. The minimum atomic E-state index is 0.724. The zero-order valence-electron chi connectivity index (χ0n) is 11.0. The maximum atomic E-state index is 2.33. The van der Waals surface area contributed by atoms with Gasteiger partial charge in [0, 0.05) is 9.75 Å². The zero-order valence-corrected chi connectivity index (χ0v) is 11.8. The number of hydrogen-bond acceptors (Lipinski definition) is 1. The fraction of sp³-hybridized carbons (Fsp3) is 0.600. The highest BCUT2D eigenvalue weighted by atomic mass is 32.1. The van der Waals surface area contributed by atoms with Crippen molar-refractivity contribution in [2.45, 2.75) is 52.9 Å². The molecule has 1 aromatic rings. The van der Waals surface area contributed by atoms with Gasteiger partial charge in [0.1, 0.15) is 0 Å². The van der Waals surface area contributed by atoms with Gasteiger partial charge in [0.05, 0.1) is 0 Å². The first-order valence-electron chi connectivity index (χ1n) is 6.37. The van der Waals surface area contributed by atoms with E-state index in [0.717, 1.165) is 11.8 Å². The molecule has 0 aliphatic rings. The fourth-order valence-corrected chi connectivity index (χ4v) is 3.33. The van der Waals surface area contributed by atoms with Crippen molar-refractivity contribution in [2.75, 3.05) is 0 Å². The Bertz CT molecular complexity index is 320. The van der Waals surface area contributed by atoms with Crippen molar-refractivity contribution < 1.29 is 0 Å². The van der Waals surface area contributed by atoms with Crippen LogP contribution < -0.4 is 0 Å². The van der Waals surface area contributed by atoms with E-state index in [4.69, 9.17) is 0 Å². The highest BCUT2D eigenvalue weighted by Crippen LogP contribution is 2.31. The molecule has 0 saturated carbocycles. The molecule has 1 aromatic heterocycles. The molecule has 0 aliphatic heterocycles. The Morgan fingerprint density at radius 1 is 1.31 bits per heavy atom. The molecule has 0 aromatic carbocycles. The Hall–Kier alpha value is -0.560. The molecule has 0 aliphatic carbocycles. The Labute approximate surface area is 104 Å². The summed E-state index contributed by atoms with van der Waals surface area (Å²) < 4.78 is 0. The van der Waals surface area contributed by atoms with Gasteiger partial charge in [-0.1, -0.05) is 32.9 Å². The summed E-state index contributed by atoms with van der Waals surface area (Å²) in [5, 5.41) is 0. The van der Waals surface area contributed by atoms with Gasteiger partial charge in [-0.05, 0) is 50.2 Å². The lowest BCUT2D eigenvalue weighted by molar-refractivity contribution is 0.654. The maximum Gasteiger partial charge on any atom is 0.00821 e. The molecule has 0 fully saturated rings. The van der Waals surface area contributed by atoms with Crippen LogP contribution in [0, 0.1) is 5.92 Å². The normalized spacial score (nSPS) is 13.8. The number of thiophene rings is 1. The van der Waals surface area contributed by atoms with Gasteiger partial charge in [-0.3, -0.25) is 0 Å². The highest BCUT2D eigenvalue weighted by molar-refractivity contribution is 7.12. The first-order chi connectivity index (χ1) is 7.67. The van der Waals surface area contributed by atoms with Crippen molar-refractivity contribution in [3.05, 3.63) is 34.0 Å². The molecule has 16 heavy (non-hydrogen) atoms. The van der Waals surface area contributed by atoms with Gasteiger partial charge in [0.2, 0.25) is 0 Å². The molecule has 1 heterocycles. The third-order valence-electron chi connectivity index (χ3n) is 2.84. The van der Waals surface area contributed by atoms with Crippen LogP contribution in [0.4, 0.5) is 0 Å². The maximum absolute atomic E-state index is 2.33. The third-order valence-corrected chi connectivity index (χ3v) is 4.11. The van der Waals surface area contributed by atoms with Crippen molar-refractivity contribution in [3.8, 4) is 0 Å². The van der Waals surface area contributed by atoms with Crippen LogP contribution >= 0.6 is 11.3 Å². The van der Waals surface area contributed by atoms with Crippen molar-refractivity contribution in [1.29, 1.82) is 0 Å². The van der Waals surface area contributed by atoms with Crippen molar-refractivity contribution in [2.24, 2.45) is 5.92 Å². The summed E-state index contributed by atoms with van der Waals surface area (Å²) in [6.45, 7) is 8.97. The Morgan fingerprint density at radius 3 is 2.62 bits per heavy atom. The Morgan fingerprint density at radius 2 is 2.06 bits per heavy atom. The lowest BCUT2D eigenvalue weighted by atomic mass is 10.0. The van der Waals surface area contributed by atoms with Crippen LogP contribution in [0.1, 0.15) is 56.2 Å². The average molecular weight is 236 g/mol. The summed E-state index contributed by atoms with van der Waals surface area (Å²) in [4.78, 5) is 3.11. The summed E-state index contributed by atoms with van der Waals surface area (Å²) in [5.41, 5.74) is 0. The number of allylic oxidation sites excluding steroid dienone is 2. The highest BCUT2D eigenvalue weighted by Gasteiger charge is 2.11. The van der Waals surface area contributed by atoms with Crippen LogP contribution in [-0.4, -0.2) is 0 Å². The van der Waals surface area contributed by atoms with Crippen molar-refractivity contribution in [1.82, 2.24) is 0 Å². The predicted molar refractivity (Wildman–Crippen MR) is 75.3 cm³/mol. The SMILES string of the molecule is C/C=C\CC(CC)c1ccc(CC(C)C)s1. The zero-order chi connectivity index (χ0) is 12.0. The Balaban J connectivity index is 2.66. The van der Waals surface area contributed by atoms with Gasteiger partial charge in [-0.15, -0.1) is 11.3 Å². The van der Waals surface area contributed by atoms with E-state index in [1.54, 1.807) is 9.75 Å². The molecule has 0 N–H and O–H groups in total. The second kappa shape index (κ2) is 6.90. The molecule has 0 bridgehead atoms. The van der Waals surface area contributed by atoms with Crippen LogP contribution in [-0.2, 0) is 6.42 Å².